The molecule has 6 nitrogen and oxygen atoms in total. The van der Waals surface area contributed by atoms with Crippen molar-refractivity contribution in [3.05, 3.63) is 66.1 Å². The van der Waals surface area contributed by atoms with Crippen molar-refractivity contribution in [2.45, 2.75) is 19.4 Å². The average Bonchev–Trinajstić information content (AvgIpc) is 3.29. The second-order valence-electron chi connectivity index (χ2n) is 8.77. The Morgan fingerprint density at radius 2 is 2.06 bits per heavy atom. The van der Waals surface area contributed by atoms with Gasteiger partial charge in [0.2, 0.25) is 0 Å². The van der Waals surface area contributed by atoms with Gasteiger partial charge >= 0.3 is 0 Å². The van der Waals surface area contributed by atoms with Crippen LogP contribution in [0.3, 0.4) is 0 Å². The third-order valence-electron chi connectivity index (χ3n) is 6.31. The minimum atomic E-state index is 0.605. The van der Waals surface area contributed by atoms with Gasteiger partial charge in [-0.1, -0.05) is 18.2 Å². The van der Waals surface area contributed by atoms with E-state index in [1.54, 1.807) is 24.8 Å². The normalized spacial score (nSPS) is 16.5. The van der Waals surface area contributed by atoms with Gasteiger partial charge in [-0.15, -0.1) is 11.3 Å². The SMILES string of the molecule is COc1ccc(-c2csc3ncnc(N4CCC[C@H](CN(C)Cc5cccnc5)C4)c23)cc1. The molecule has 0 bridgehead atoms. The highest BCUT2D eigenvalue weighted by molar-refractivity contribution is 7.17. The molecule has 1 fully saturated rings. The molecule has 0 spiro atoms. The van der Waals surface area contributed by atoms with Crippen LogP contribution in [0.4, 0.5) is 5.82 Å². The third kappa shape index (κ3) is 4.84. The van der Waals surface area contributed by atoms with Crippen LogP contribution >= 0.6 is 11.3 Å². The molecule has 1 saturated heterocycles. The van der Waals surface area contributed by atoms with E-state index in [1.807, 2.05) is 30.6 Å². The molecule has 7 heteroatoms. The number of hydrogen-bond acceptors (Lipinski definition) is 7. The molecule has 3 aromatic heterocycles. The summed E-state index contributed by atoms with van der Waals surface area (Å²) in [4.78, 5) is 19.5. The van der Waals surface area contributed by atoms with Crippen molar-refractivity contribution >= 4 is 27.4 Å². The van der Waals surface area contributed by atoms with E-state index in [2.05, 4.69) is 50.4 Å². The van der Waals surface area contributed by atoms with Gasteiger partial charge in [-0.05, 0) is 55.1 Å². The summed E-state index contributed by atoms with van der Waals surface area (Å²) in [5.41, 5.74) is 3.62. The van der Waals surface area contributed by atoms with Crippen LogP contribution in [-0.4, -0.2) is 53.6 Å². The van der Waals surface area contributed by atoms with Crippen molar-refractivity contribution in [3.8, 4) is 16.9 Å². The van der Waals surface area contributed by atoms with Crippen molar-refractivity contribution in [2.75, 3.05) is 38.7 Å². The molecule has 33 heavy (non-hydrogen) atoms. The summed E-state index contributed by atoms with van der Waals surface area (Å²) in [6.45, 7) is 4.04. The van der Waals surface area contributed by atoms with Crippen LogP contribution in [0.2, 0.25) is 0 Å². The summed E-state index contributed by atoms with van der Waals surface area (Å²) in [5.74, 6) is 2.53. The first-order valence-corrected chi connectivity index (χ1v) is 12.3. The maximum Gasteiger partial charge on any atom is 0.141 e. The predicted octanol–water partition coefficient (Wildman–Crippen LogP) is 5.11. The molecule has 0 radical (unpaired) electrons. The number of nitrogens with zero attached hydrogens (tertiary/aromatic N) is 5. The zero-order chi connectivity index (χ0) is 22.6. The minimum Gasteiger partial charge on any atom is -0.497 e. The minimum absolute atomic E-state index is 0.605. The van der Waals surface area contributed by atoms with Gasteiger partial charge in [0.15, 0.2) is 0 Å². The first kappa shape index (κ1) is 21.8. The van der Waals surface area contributed by atoms with Crippen LogP contribution < -0.4 is 9.64 Å². The lowest BCUT2D eigenvalue weighted by Gasteiger charge is -2.35. The molecule has 1 aliphatic rings. The van der Waals surface area contributed by atoms with Crippen molar-refractivity contribution in [3.63, 3.8) is 0 Å². The van der Waals surface area contributed by atoms with E-state index in [-0.39, 0.29) is 0 Å². The van der Waals surface area contributed by atoms with E-state index in [9.17, 15) is 0 Å². The lowest BCUT2D eigenvalue weighted by molar-refractivity contribution is 0.247. The Morgan fingerprint density at radius 1 is 1.18 bits per heavy atom. The second-order valence-corrected chi connectivity index (χ2v) is 9.63. The Labute approximate surface area is 198 Å². The zero-order valence-electron chi connectivity index (χ0n) is 19.1. The van der Waals surface area contributed by atoms with Crippen LogP contribution in [0.15, 0.2) is 60.5 Å². The molecule has 4 aromatic rings. The largest absolute Gasteiger partial charge is 0.497 e. The quantitative estimate of drug-likeness (QED) is 0.383. The standard InChI is InChI=1S/C26H29N5OS/c1-30(14-19-5-3-11-27-13-19)15-20-6-4-12-31(16-20)25-24-23(17-33-26(24)29-18-28-25)21-7-9-22(32-2)10-8-21/h3,5,7-11,13,17-18,20H,4,6,12,14-16H2,1-2H3/t20-/m1/s1. The third-order valence-corrected chi connectivity index (χ3v) is 7.20. The van der Waals surface area contributed by atoms with Crippen LogP contribution in [0.5, 0.6) is 5.75 Å². The number of thiophene rings is 1. The summed E-state index contributed by atoms with van der Waals surface area (Å²) in [5, 5.41) is 3.37. The number of anilines is 1. The molecule has 0 unspecified atom stereocenters. The Kier molecular flexibility index (Phi) is 6.51. The van der Waals surface area contributed by atoms with Gasteiger partial charge in [0.25, 0.3) is 0 Å². The van der Waals surface area contributed by atoms with E-state index in [4.69, 9.17) is 9.72 Å². The maximum atomic E-state index is 5.34. The van der Waals surface area contributed by atoms with Crippen molar-refractivity contribution in [1.29, 1.82) is 0 Å². The van der Waals surface area contributed by atoms with Gasteiger partial charge < -0.3 is 14.5 Å². The Balaban J connectivity index is 1.36. The molecule has 170 valence electrons. The van der Waals surface area contributed by atoms with E-state index in [0.717, 1.165) is 48.0 Å². The van der Waals surface area contributed by atoms with Crippen molar-refractivity contribution in [2.24, 2.45) is 5.92 Å². The number of benzene rings is 1. The Hall–Kier alpha value is -3.03. The summed E-state index contributed by atoms with van der Waals surface area (Å²) in [6.07, 6.45) is 7.92. The van der Waals surface area contributed by atoms with E-state index in [1.165, 1.54) is 29.5 Å². The fourth-order valence-corrected chi connectivity index (χ4v) is 5.71. The summed E-state index contributed by atoms with van der Waals surface area (Å²) in [6, 6.07) is 12.4. The number of piperidine rings is 1. The van der Waals surface area contributed by atoms with Crippen LogP contribution in [0.25, 0.3) is 21.3 Å². The number of ether oxygens (including phenoxy) is 1. The number of aromatic nitrogens is 3. The molecular formula is C26H29N5OS. The highest BCUT2D eigenvalue weighted by Crippen LogP contribution is 2.39. The van der Waals surface area contributed by atoms with E-state index >= 15 is 0 Å². The molecule has 4 heterocycles. The molecule has 1 aliphatic heterocycles. The topological polar surface area (TPSA) is 54.4 Å². The molecular weight excluding hydrogens is 430 g/mol. The summed E-state index contributed by atoms with van der Waals surface area (Å²) in [7, 11) is 3.90. The number of pyridine rings is 1. The number of fused-ring (bicyclic) bond motifs is 1. The first-order valence-electron chi connectivity index (χ1n) is 11.4. The highest BCUT2D eigenvalue weighted by atomic mass is 32.1. The molecule has 0 saturated carbocycles. The maximum absolute atomic E-state index is 5.34. The van der Waals surface area contributed by atoms with Crippen LogP contribution in [-0.2, 0) is 6.54 Å². The monoisotopic (exact) mass is 459 g/mol. The molecule has 5 rings (SSSR count). The lowest BCUT2D eigenvalue weighted by atomic mass is 9.96. The van der Waals surface area contributed by atoms with Gasteiger partial charge in [0.05, 0.1) is 12.5 Å². The average molecular weight is 460 g/mol. The summed E-state index contributed by atoms with van der Waals surface area (Å²) >= 11 is 1.69. The van der Waals surface area contributed by atoms with Crippen LogP contribution in [0.1, 0.15) is 18.4 Å². The molecule has 0 amide bonds. The predicted molar refractivity (Wildman–Crippen MR) is 135 cm³/mol. The second kappa shape index (κ2) is 9.85. The Morgan fingerprint density at radius 3 is 2.85 bits per heavy atom. The number of rotatable bonds is 7. The van der Waals surface area contributed by atoms with Gasteiger partial charge in [-0.2, -0.15) is 0 Å². The molecule has 1 atom stereocenters. The number of hydrogen-bond donors (Lipinski definition) is 0. The van der Waals surface area contributed by atoms with E-state index < -0.39 is 0 Å². The van der Waals surface area contributed by atoms with Gasteiger partial charge in [-0.25, -0.2) is 9.97 Å². The lowest BCUT2D eigenvalue weighted by Crippen LogP contribution is -2.40. The fraction of sp³-hybridized carbons (Fsp3) is 0.346. The fourth-order valence-electron chi connectivity index (χ4n) is 4.80. The number of methoxy groups -OCH3 is 1. The van der Waals surface area contributed by atoms with Crippen LogP contribution in [0, 0.1) is 5.92 Å². The Bertz CT molecular complexity index is 1190. The van der Waals surface area contributed by atoms with Gasteiger partial charge in [0.1, 0.15) is 22.7 Å². The van der Waals surface area contributed by atoms with Crippen molar-refractivity contribution in [1.82, 2.24) is 19.9 Å². The molecule has 1 aromatic carbocycles. The van der Waals surface area contributed by atoms with Gasteiger partial charge in [-0.3, -0.25) is 4.98 Å². The van der Waals surface area contributed by atoms with Gasteiger partial charge in [0, 0.05) is 49.5 Å². The first-order chi connectivity index (χ1) is 16.2. The smallest absolute Gasteiger partial charge is 0.141 e. The van der Waals surface area contributed by atoms with E-state index in [0.29, 0.717) is 5.92 Å². The van der Waals surface area contributed by atoms with Crippen molar-refractivity contribution < 1.29 is 4.74 Å². The summed E-state index contributed by atoms with van der Waals surface area (Å²) < 4.78 is 5.34. The molecule has 0 N–H and O–H groups in total. The zero-order valence-corrected chi connectivity index (χ0v) is 20.0. The molecule has 0 aliphatic carbocycles. The highest BCUT2D eigenvalue weighted by Gasteiger charge is 2.25.